The van der Waals surface area contributed by atoms with Crippen LogP contribution < -0.4 is 10.6 Å². The van der Waals surface area contributed by atoms with E-state index in [1.807, 2.05) is 46.8 Å². The molecule has 2 aromatic carbocycles. The largest absolute Gasteiger partial charge is 0.324 e. The smallest absolute Gasteiger partial charge is 0.241 e. The molecule has 1 heterocycles. The van der Waals surface area contributed by atoms with Gasteiger partial charge in [-0.25, -0.2) is 0 Å². The number of hydrogen-bond donors (Lipinski definition) is 2. The second-order valence-electron chi connectivity index (χ2n) is 6.05. The van der Waals surface area contributed by atoms with Crippen molar-refractivity contribution in [1.29, 1.82) is 0 Å². The molecular formula is C23H36N2O. The summed E-state index contributed by atoms with van der Waals surface area (Å²) < 4.78 is 0. The first-order chi connectivity index (χ1) is 12.6. The van der Waals surface area contributed by atoms with Crippen molar-refractivity contribution in [2.24, 2.45) is 0 Å². The van der Waals surface area contributed by atoms with Crippen LogP contribution in [0.1, 0.15) is 70.8 Å². The maximum absolute atomic E-state index is 12.4. The average molecular weight is 357 g/mol. The Morgan fingerprint density at radius 1 is 0.923 bits per heavy atom. The first-order valence-electron chi connectivity index (χ1n) is 9.82. The van der Waals surface area contributed by atoms with E-state index in [0.29, 0.717) is 0 Å². The van der Waals surface area contributed by atoms with Crippen molar-refractivity contribution in [2.45, 2.75) is 67.0 Å². The Kier molecular flexibility index (Phi) is 9.08. The number of amides is 1. The Morgan fingerprint density at radius 3 is 2.08 bits per heavy atom. The van der Waals surface area contributed by atoms with Gasteiger partial charge in [0.25, 0.3) is 0 Å². The Bertz CT molecular complexity index is 698. The van der Waals surface area contributed by atoms with E-state index in [-0.39, 0.29) is 19.4 Å². The van der Waals surface area contributed by atoms with Gasteiger partial charge in [-0.3, -0.25) is 10.1 Å². The van der Waals surface area contributed by atoms with E-state index in [2.05, 4.69) is 54.8 Å². The third-order valence-electron chi connectivity index (χ3n) is 4.28. The van der Waals surface area contributed by atoms with Gasteiger partial charge in [0.05, 0.1) is 12.1 Å². The Morgan fingerprint density at radius 2 is 1.50 bits per heavy atom. The van der Waals surface area contributed by atoms with Crippen LogP contribution in [0.2, 0.25) is 0 Å². The Balaban J connectivity index is 0.00000127. The molecule has 1 aliphatic heterocycles. The summed E-state index contributed by atoms with van der Waals surface area (Å²) in [7, 11) is 0. The van der Waals surface area contributed by atoms with Gasteiger partial charge in [-0.05, 0) is 37.5 Å². The van der Waals surface area contributed by atoms with Crippen LogP contribution in [0.5, 0.6) is 0 Å². The van der Waals surface area contributed by atoms with Crippen molar-refractivity contribution in [3.8, 4) is 0 Å². The molecule has 0 fully saturated rings. The molecule has 0 radical (unpaired) electrons. The predicted octanol–water partition coefficient (Wildman–Crippen LogP) is 6.01. The molecule has 3 heteroatoms. The fourth-order valence-corrected chi connectivity index (χ4v) is 2.96. The molecular weight excluding hydrogens is 320 g/mol. The lowest BCUT2D eigenvalue weighted by Crippen LogP contribution is -2.39. The summed E-state index contributed by atoms with van der Waals surface area (Å²) in [6, 6.07) is 14.6. The summed E-state index contributed by atoms with van der Waals surface area (Å²) in [4.78, 5) is 12.4. The van der Waals surface area contributed by atoms with Crippen LogP contribution in [-0.2, 0) is 4.79 Å². The normalized spacial score (nSPS) is 18.2. The second-order valence-corrected chi connectivity index (χ2v) is 6.05. The summed E-state index contributed by atoms with van der Waals surface area (Å²) in [6.45, 7) is 14.2. The predicted molar refractivity (Wildman–Crippen MR) is 115 cm³/mol. The molecule has 0 saturated heterocycles. The van der Waals surface area contributed by atoms with Gasteiger partial charge in [-0.1, -0.05) is 82.1 Å². The van der Waals surface area contributed by atoms with Crippen LogP contribution >= 0.6 is 0 Å². The molecule has 2 atom stereocenters. The Labute approximate surface area is 160 Å². The molecule has 3 nitrogen and oxygen atoms in total. The maximum Gasteiger partial charge on any atom is 0.241 e. The Hall–Kier alpha value is -2.13. The monoisotopic (exact) mass is 356 g/mol. The zero-order valence-corrected chi connectivity index (χ0v) is 17.3. The van der Waals surface area contributed by atoms with Gasteiger partial charge in [-0.2, -0.15) is 0 Å². The molecule has 0 aliphatic carbocycles. The van der Waals surface area contributed by atoms with Crippen LogP contribution in [0.15, 0.2) is 42.5 Å². The van der Waals surface area contributed by atoms with Gasteiger partial charge in [0.15, 0.2) is 0 Å². The highest BCUT2D eigenvalue weighted by Gasteiger charge is 2.29. The lowest BCUT2D eigenvalue weighted by molar-refractivity contribution is -0.118. The number of anilines is 1. The summed E-state index contributed by atoms with van der Waals surface area (Å²) in [5, 5.41) is 6.58. The van der Waals surface area contributed by atoms with Gasteiger partial charge in [-0.15, -0.1) is 0 Å². The minimum absolute atomic E-state index is 0. The number of carbonyl (C=O) groups excluding carboxylic acids is 1. The van der Waals surface area contributed by atoms with E-state index in [1.165, 1.54) is 16.7 Å². The first-order valence-corrected chi connectivity index (χ1v) is 9.82. The van der Waals surface area contributed by atoms with Crippen LogP contribution in [0.4, 0.5) is 5.69 Å². The highest BCUT2D eigenvalue weighted by atomic mass is 16.2. The van der Waals surface area contributed by atoms with Crippen molar-refractivity contribution in [2.75, 3.05) is 5.32 Å². The zero-order valence-electron chi connectivity index (χ0n) is 17.3. The van der Waals surface area contributed by atoms with Gasteiger partial charge >= 0.3 is 0 Å². The van der Waals surface area contributed by atoms with Crippen LogP contribution in [-0.4, -0.2) is 11.9 Å². The van der Waals surface area contributed by atoms with Crippen molar-refractivity contribution in [1.82, 2.24) is 5.32 Å². The third-order valence-corrected chi connectivity index (χ3v) is 4.28. The number of rotatable bonds is 2. The third kappa shape index (κ3) is 5.18. The lowest BCUT2D eigenvalue weighted by Gasteiger charge is -2.22. The molecule has 0 bridgehead atoms. The minimum atomic E-state index is -0.181. The van der Waals surface area contributed by atoms with Crippen molar-refractivity contribution >= 4 is 11.6 Å². The maximum atomic E-state index is 12.4. The fourth-order valence-electron chi connectivity index (χ4n) is 2.96. The number of nitrogens with one attached hydrogen (secondary N) is 2. The van der Waals surface area contributed by atoms with Crippen LogP contribution in [0, 0.1) is 13.8 Å². The standard InChI is InChI=1S/C19H22N2O.2C2H6.H2/c1-4-16-19(22)21-17-10-7-13(3)11-15(17)18(20-16)14-8-5-12(2)6-9-14;2*1-2;/h5-11,16,18,20H,4H2,1-3H3,(H,21,22);2*1-2H3;1H. The SMILES string of the molecule is CC.CC.CCC1NC(c2ccc(C)cc2)c2cc(C)ccc2NC1=O.[HH]. The molecule has 2 N–H and O–H groups in total. The molecule has 0 saturated carbocycles. The molecule has 0 spiro atoms. The number of benzene rings is 2. The van der Waals surface area contributed by atoms with E-state index in [1.54, 1.807) is 0 Å². The van der Waals surface area contributed by atoms with Crippen molar-refractivity contribution < 1.29 is 6.22 Å². The van der Waals surface area contributed by atoms with Gasteiger partial charge in [0.2, 0.25) is 5.91 Å². The molecule has 144 valence electrons. The van der Waals surface area contributed by atoms with E-state index in [4.69, 9.17) is 0 Å². The van der Waals surface area contributed by atoms with Crippen LogP contribution in [0.3, 0.4) is 0 Å². The van der Waals surface area contributed by atoms with Gasteiger partial charge < -0.3 is 5.32 Å². The molecule has 1 amide bonds. The molecule has 2 aromatic rings. The lowest BCUT2D eigenvalue weighted by atomic mass is 9.95. The van der Waals surface area contributed by atoms with E-state index < -0.39 is 0 Å². The molecule has 26 heavy (non-hydrogen) atoms. The van der Waals surface area contributed by atoms with Crippen molar-refractivity contribution in [3.63, 3.8) is 0 Å². The van der Waals surface area contributed by atoms with E-state index >= 15 is 0 Å². The summed E-state index contributed by atoms with van der Waals surface area (Å²) >= 11 is 0. The molecule has 3 rings (SSSR count). The molecule has 1 aliphatic rings. The first kappa shape index (κ1) is 21.9. The van der Waals surface area contributed by atoms with E-state index in [9.17, 15) is 4.79 Å². The summed E-state index contributed by atoms with van der Waals surface area (Å²) in [6.07, 6.45) is 0.765. The fraction of sp³-hybridized carbons (Fsp3) is 0.435. The van der Waals surface area contributed by atoms with Crippen LogP contribution in [0.25, 0.3) is 0 Å². The number of carbonyl (C=O) groups is 1. The quantitative estimate of drug-likeness (QED) is 0.691. The van der Waals surface area contributed by atoms with Gasteiger partial charge in [0, 0.05) is 7.11 Å². The summed E-state index contributed by atoms with van der Waals surface area (Å²) in [5.41, 5.74) is 5.66. The van der Waals surface area contributed by atoms with E-state index in [0.717, 1.165) is 17.7 Å². The number of hydrogen-bond acceptors (Lipinski definition) is 2. The number of fused-ring (bicyclic) bond motifs is 1. The minimum Gasteiger partial charge on any atom is -0.324 e. The van der Waals surface area contributed by atoms with Gasteiger partial charge in [0.1, 0.15) is 0 Å². The van der Waals surface area contributed by atoms with Crippen molar-refractivity contribution in [3.05, 3.63) is 64.7 Å². The highest BCUT2D eigenvalue weighted by Crippen LogP contribution is 2.32. The topological polar surface area (TPSA) is 41.1 Å². The highest BCUT2D eigenvalue weighted by molar-refractivity contribution is 5.96. The molecule has 0 aromatic heterocycles. The average Bonchev–Trinajstić information content (AvgIpc) is 2.81. The number of aryl methyl sites for hydroxylation is 2. The second kappa shape index (κ2) is 10.8. The zero-order chi connectivity index (χ0) is 19.7. The molecule has 2 unspecified atom stereocenters. The summed E-state index contributed by atoms with van der Waals surface area (Å²) in [5.74, 6) is 0.0437.